The lowest BCUT2D eigenvalue weighted by atomic mass is 10.1. The number of nitrogens with one attached hydrogen (secondary N) is 1. The Bertz CT molecular complexity index is 1090. The summed E-state index contributed by atoms with van der Waals surface area (Å²) < 4.78 is 12.5. The second-order valence-corrected chi connectivity index (χ2v) is 8.60. The molecular formula is C22H21BrN2O3S. The third-order valence-corrected chi connectivity index (χ3v) is 6.01. The number of nitrogens with zero attached hydrogens (tertiary/aromatic N) is 1. The van der Waals surface area contributed by atoms with Crippen LogP contribution in [-0.2, 0) is 4.74 Å². The van der Waals surface area contributed by atoms with Gasteiger partial charge in [-0.15, -0.1) is 11.8 Å². The summed E-state index contributed by atoms with van der Waals surface area (Å²) in [6.07, 6.45) is 4.10. The van der Waals surface area contributed by atoms with Crippen LogP contribution in [0.25, 0.3) is 11.0 Å². The monoisotopic (exact) mass is 472 g/mol. The van der Waals surface area contributed by atoms with Crippen LogP contribution < -0.4 is 10.9 Å². The minimum atomic E-state index is -0.217. The van der Waals surface area contributed by atoms with E-state index in [4.69, 9.17) is 9.15 Å². The number of amides is 1. The van der Waals surface area contributed by atoms with Crippen molar-refractivity contribution in [3.05, 3.63) is 64.1 Å². The van der Waals surface area contributed by atoms with Gasteiger partial charge in [0.1, 0.15) is 11.1 Å². The lowest BCUT2D eigenvalue weighted by molar-refractivity contribution is 0.0854. The van der Waals surface area contributed by atoms with E-state index in [9.17, 15) is 4.79 Å². The minimum absolute atomic E-state index is 0.0740. The van der Waals surface area contributed by atoms with E-state index in [2.05, 4.69) is 26.2 Å². The Labute approximate surface area is 181 Å². The van der Waals surface area contributed by atoms with E-state index in [1.165, 1.54) is 0 Å². The average molecular weight is 473 g/mol. The van der Waals surface area contributed by atoms with E-state index < -0.39 is 0 Å². The molecular weight excluding hydrogens is 452 g/mol. The summed E-state index contributed by atoms with van der Waals surface area (Å²) in [6.45, 7) is 1.24. The van der Waals surface area contributed by atoms with Gasteiger partial charge in [-0.05, 0) is 67.6 Å². The van der Waals surface area contributed by atoms with Gasteiger partial charge in [-0.2, -0.15) is 0 Å². The van der Waals surface area contributed by atoms with Gasteiger partial charge in [-0.1, -0.05) is 15.9 Å². The Morgan fingerprint density at radius 2 is 2.07 bits per heavy atom. The number of halogens is 1. The lowest BCUT2D eigenvalue weighted by Crippen LogP contribution is -2.34. The van der Waals surface area contributed by atoms with Crippen molar-refractivity contribution in [2.45, 2.75) is 23.8 Å². The second-order valence-electron chi connectivity index (χ2n) is 6.80. The Morgan fingerprint density at radius 1 is 1.24 bits per heavy atom. The third kappa shape index (κ3) is 4.91. The largest absolute Gasteiger partial charge is 0.438 e. The van der Waals surface area contributed by atoms with Crippen molar-refractivity contribution in [2.75, 3.05) is 19.4 Å². The molecule has 1 fully saturated rings. The molecule has 2 heterocycles. The topological polar surface area (TPSA) is 63.8 Å². The van der Waals surface area contributed by atoms with Crippen molar-refractivity contribution < 1.29 is 13.9 Å². The second kappa shape index (κ2) is 9.15. The van der Waals surface area contributed by atoms with Crippen LogP contribution in [0.15, 0.2) is 67.3 Å². The van der Waals surface area contributed by atoms with Gasteiger partial charge in [-0.25, -0.2) is 4.99 Å². The zero-order chi connectivity index (χ0) is 20.2. The predicted molar refractivity (Wildman–Crippen MR) is 119 cm³/mol. The van der Waals surface area contributed by atoms with Crippen LogP contribution >= 0.6 is 27.7 Å². The molecule has 0 radical (unpaired) electrons. The number of benzene rings is 2. The molecule has 3 aromatic rings. The van der Waals surface area contributed by atoms with Crippen molar-refractivity contribution in [1.82, 2.24) is 5.32 Å². The van der Waals surface area contributed by atoms with Crippen LogP contribution in [0.4, 0.5) is 5.69 Å². The molecule has 1 aromatic heterocycles. The molecule has 0 unspecified atom stereocenters. The number of rotatable bonds is 5. The Hall–Kier alpha value is -2.09. The molecule has 0 aliphatic carbocycles. The van der Waals surface area contributed by atoms with E-state index in [1.54, 1.807) is 11.8 Å². The van der Waals surface area contributed by atoms with Gasteiger partial charge >= 0.3 is 0 Å². The van der Waals surface area contributed by atoms with Crippen LogP contribution in [0.3, 0.4) is 0 Å². The maximum Gasteiger partial charge on any atom is 0.256 e. The number of carbonyl (C=O) groups is 1. The number of ether oxygens (including phenoxy) is 1. The smallest absolute Gasteiger partial charge is 0.256 e. The number of carbonyl (C=O) groups excluding carboxylic acids is 1. The number of fused-ring (bicyclic) bond motifs is 1. The maximum atomic E-state index is 12.9. The van der Waals surface area contributed by atoms with Crippen LogP contribution in [0, 0.1) is 0 Å². The van der Waals surface area contributed by atoms with Gasteiger partial charge in [0, 0.05) is 27.9 Å². The molecule has 4 rings (SSSR count). The average Bonchev–Trinajstić information content (AvgIpc) is 3.26. The highest BCUT2D eigenvalue weighted by Crippen LogP contribution is 2.22. The molecule has 1 N–H and O–H groups in total. The zero-order valence-electron chi connectivity index (χ0n) is 16.0. The lowest BCUT2D eigenvalue weighted by Gasteiger charge is -2.11. The van der Waals surface area contributed by atoms with E-state index in [0.717, 1.165) is 39.9 Å². The first-order valence-corrected chi connectivity index (χ1v) is 11.5. The van der Waals surface area contributed by atoms with Crippen LogP contribution in [-0.4, -0.2) is 31.4 Å². The summed E-state index contributed by atoms with van der Waals surface area (Å²) in [6, 6.07) is 15.3. The Balaban J connectivity index is 1.73. The predicted octanol–water partition coefficient (Wildman–Crippen LogP) is 5.06. The summed E-state index contributed by atoms with van der Waals surface area (Å²) >= 11 is 5.14. The van der Waals surface area contributed by atoms with Gasteiger partial charge in [0.15, 0.2) is 0 Å². The Kier molecular flexibility index (Phi) is 6.37. The highest BCUT2D eigenvalue weighted by molar-refractivity contribution is 9.10. The first-order chi connectivity index (χ1) is 14.1. The number of hydrogen-bond acceptors (Lipinski definition) is 5. The third-order valence-electron chi connectivity index (χ3n) is 4.77. The molecule has 0 spiro atoms. The van der Waals surface area contributed by atoms with Crippen molar-refractivity contribution in [3.8, 4) is 0 Å². The van der Waals surface area contributed by atoms with Crippen LogP contribution in [0.5, 0.6) is 0 Å². The summed E-state index contributed by atoms with van der Waals surface area (Å²) in [5.74, 6) is -0.217. The van der Waals surface area contributed by atoms with Gasteiger partial charge < -0.3 is 14.5 Å². The Morgan fingerprint density at radius 3 is 2.79 bits per heavy atom. The van der Waals surface area contributed by atoms with Gasteiger partial charge in [0.2, 0.25) is 5.55 Å². The highest BCUT2D eigenvalue weighted by atomic mass is 79.9. The van der Waals surface area contributed by atoms with E-state index in [0.29, 0.717) is 23.2 Å². The fourth-order valence-electron chi connectivity index (χ4n) is 3.23. The maximum absolute atomic E-state index is 12.9. The normalized spacial score (nSPS) is 17.0. The number of hydrogen-bond donors (Lipinski definition) is 1. The van der Waals surface area contributed by atoms with E-state index in [1.807, 2.05) is 54.8 Å². The summed E-state index contributed by atoms with van der Waals surface area (Å²) in [5.41, 5.74) is 2.10. The SMILES string of the molecule is CSc1ccc(N=c2oc3ccc(Br)cc3cc2C(=O)NC[C@@H]2CCCO2)cc1. The summed E-state index contributed by atoms with van der Waals surface area (Å²) in [5, 5.41) is 3.80. The first kappa shape index (κ1) is 20.2. The first-order valence-electron chi connectivity index (χ1n) is 9.44. The van der Waals surface area contributed by atoms with Gasteiger partial charge in [-0.3, -0.25) is 4.79 Å². The molecule has 7 heteroatoms. The fraction of sp³-hybridized carbons (Fsp3) is 0.273. The zero-order valence-corrected chi connectivity index (χ0v) is 18.4. The molecule has 1 aliphatic rings. The molecule has 0 bridgehead atoms. The van der Waals surface area contributed by atoms with Gasteiger partial charge in [0.05, 0.1) is 11.8 Å². The van der Waals surface area contributed by atoms with Crippen molar-refractivity contribution in [2.24, 2.45) is 4.99 Å². The quantitative estimate of drug-likeness (QED) is 0.527. The highest BCUT2D eigenvalue weighted by Gasteiger charge is 2.18. The van der Waals surface area contributed by atoms with E-state index >= 15 is 0 Å². The van der Waals surface area contributed by atoms with Crippen LogP contribution in [0.2, 0.25) is 0 Å². The number of thioether (sulfide) groups is 1. The van der Waals surface area contributed by atoms with Crippen molar-refractivity contribution >= 4 is 50.3 Å². The molecule has 5 nitrogen and oxygen atoms in total. The molecule has 1 atom stereocenters. The molecule has 2 aromatic carbocycles. The molecule has 150 valence electrons. The summed E-state index contributed by atoms with van der Waals surface area (Å²) in [4.78, 5) is 18.7. The molecule has 1 aliphatic heterocycles. The molecule has 29 heavy (non-hydrogen) atoms. The molecule has 0 saturated carbocycles. The van der Waals surface area contributed by atoms with E-state index in [-0.39, 0.29) is 12.0 Å². The van der Waals surface area contributed by atoms with Gasteiger partial charge in [0.25, 0.3) is 5.91 Å². The minimum Gasteiger partial charge on any atom is -0.438 e. The molecule has 1 saturated heterocycles. The van der Waals surface area contributed by atoms with Crippen molar-refractivity contribution in [3.63, 3.8) is 0 Å². The molecule has 1 amide bonds. The fourth-order valence-corrected chi connectivity index (χ4v) is 4.02. The van der Waals surface area contributed by atoms with Crippen LogP contribution in [0.1, 0.15) is 23.2 Å². The van der Waals surface area contributed by atoms with Crippen molar-refractivity contribution in [1.29, 1.82) is 0 Å². The standard InChI is InChI=1S/C22H21BrN2O3S/c1-29-18-7-5-16(6-8-18)25-22-19(21(26)24-13-17-3-2-10-27-17)12-14-11-15(23)4-9-20(14)28-22/h4-9,11-12,17H,2-3,10,13H2,1H3,(H,24,26)/t17-/m0/s1. The summed E-state index contributed by atoms with van der Waals surface area (Å²) in [7, 11) is 0.